The standard InChI is InChI=1S/C9H20N2O/c1-8(12)7-11-4-2-9(6-10)3-5-11/h8-9,12H,2-7,10H2,1H3. The van der Waals surface area contributed by atoms with Crippen LogP contribution in [-0.4, -0.2) is 42.3 Å². The van der Waals surface area contributed by atoms with Gasteiger partial charge in [0.1, 0.15) is 0 Å². The van der Waals surface area contributed by atoms with Crippen LogP contribution in [0.4, 0.5) is 0 Å². The van der Waals surface area contributed by atoms with Crippen LogP contribution in [0.1, 0.15) is 19.8 Å². The van der Waals surface area contributed by atoms with Gasteiger partial charge in [-0.05, 0) is 45.3 Å². The Balaban J connectivity index is 2.17. The van der Waals surface area contributed by atoms with Crippen LogP contribution in [0.15, 0.2) is 0 Å². The van der Waals surface area contributed by atoms with Gasteiger partial charge in [0.05, 0.1) is 6.10 Å². The zero-order valence-corrected chi connectivity index (χ0v) is 7.87. The summed E-state index contributed by atoms with van der Waals surface area (Å²) >= 11 is 0. The summed E-state index contributed by atoms with van der Waals surface area (Å²) in [6.45, 7) is 5.69. The predicted molar refractivity (Wildman–Crippen MR) is 49.9 cm³/mol. The molecule has 72 valence electrons. The van der Waals surface area contributed by atoms with Crippen molar-refractivity contribution < 1.29 is 5.11 Å². The first-order valence-electron chi connectivity index (χ1n) is 4.83. The van der Waals surface area contributed by atoms with Crippen molar-refractivity contribution in [1.82, 2.24) is 4.90 Å². The van der Waals surface area contributed by atoms with Gasteiger partial charge in [-0.1, -0.05) is 0 Å². The molecule has 0 bridgehead atoms. The minimum atomic E-state index is -0.195. The van der Waals surface area contributed by atoms with E-state index in [1.807, 2.05) is 6.92 Å². The molecule has 1 heterocycles. The van der Waals surface area contributed by atoms with E-state index in [2.05, 4.69) is 4.90 Å². The highest BCUT2D eigenvalue weighted by atomic mass is 16.3. The molecule has 0 radical (unpaired) electrons. The lowest BCUT2D eigenvalue weighted by Gasteiger charge is -2.31. The molecule has 1 unspecified atom stereocenters. The van der Waals surface area contributed by atoms with Crippen molar-refractivity contribution in [3.8, 4) is 0 Å². The van der Waals surface area contributed by atoms with Crippen molar-refractivity contribution in [3.05, 3.63) is 0 Å². The van der Waals surface area contributed by atoms with Crippen LogP contribution in [-0.2, 0) is 0 Å². The molecule has 1 rings (SSSR count). The summed E-state index contributed by atoms with van der Waals surface area (Å²) in [6.07, 6.45) is 2.20. The van der Waals surface area contributed by atoms with Crippen molar-refractivity contribution in [2.24, 2.45) is 11.7 Å². The van der Waals surface area contributed by atoms with Gasteiger partial charge in [0.25, 0.3) is 0 Å². The lowest BCUT2D eigenvalue weighted by molar-refractivity contribution is 0.101. The maximum absolute atomic E-state index is 9.16. The minimum Gasteiger partial charge on any atom is -0.392 e. The zero-order valence-electron chi connectivity index (χ0n) is 7.87. The fourth-order valence-corrected chi connectivity index (χ4v) is 1.78. The second-order valence-corrected chi connectivity index (χ2v) is 3.83. The maximum Gasteiger partial charge on any atom is 0.0639 e. The highest BCUT2D eigenvalue weighted by Gasteiger charge is 2.18. The van der Waals surface area contributed by atoms with Crippen LogP contribution in [0, 0.1) is 5.92 Å². The minimum absolute atomic E-state index is 0.195. The van der Waals surface area contributed by atoms with E-state index in [4.69, 9.17) is 10.8 Å². The largest absolute Gasteiger partial charge is 0.392 e. The molecular weight excluding hydrogens is 152 g/mol. The van der Waals surface area contributed by atoms with Crippen molar-refractivity contribution >= 4 is 0 Å². The number of rotatable bonds is 3. The molecule has 12 heavy (non-hydrogen) atoms. The Bertz CT molecular complexity index is 120. The lowest BCUT2D eigenvalue weighted by Crippen LogP contribution is -2.39. The van der Waals surface area contributed by atoms with Gasteiger partial charge in [0.2, 0.25) is 0 Å². The summed E-state index contributed by atoms with van der Waals surface area (Å²) in [5, 5.41) is 9.16. The van der Waals surface area contributed by atoms with Crippen LogP contribution < -0.4 is 5.73 Å². The van der Waals surface area contributed by atoms with E-state index in [1.165, 1.54) is 12.8 Å². The molecule has 1 atom stereocenters. The Kier molecular flexibility index (Phi) is 3.98. The first-order chi connectivity index (χ1) is 5.72. The van der Waals surface area contributed by atoms with E-state index in [0.29, 0.717) is 0 Å². The topological polar surface area (TPSA) is 49.5 Å². The number of nitrogens with two attached hydrogens (primary N) is 1. The number of aliphatic hydroxyl groups is 1. The molecule has 0 aromatic rings. The van der Waals surface area contributed by atoms with Gasteiger partial charge in [-0.15, -0.1) is 0 Å². The average Bonchev–Trinajstić information content (AvgIpc) is 2.05. The monoisotopic (exact) mass is 172 g/mol. The zero-order chi connectivity index (χ0) is 8.97. The SMILES string of the molecule is CC(O)CN1CCC(CN)CC1. The van der Waals surface area contributed by atoms with E-state index < -0.39 is 0 Å². The summed E-state index contributed by atoms with van der Waals surface area (Å²) in [5.41, 5.74) is 5.58. The van der Waals surface area contributed by atoms with Crippen molar-refractivity contribution in [2.45, 2.75) is 25.9 Å². The summed E-state index contributed by atoms with van der Waals surface area (Å²) in [7, 11) is 0. The highest BCUT2D eigenvalue weighted by Crippen LogP contribution is 2.15. The van der Waals surface area contributed by atoms with E-state index in [1.54, 1.807) is 0 Å². The van der Waals surface area contributed by atoms with E-state index in [0.717, 1.165) is 32.1 Å². The molecule has 3 N–H and O–H groups in total. The van der Waals surface area contributed by atoms with E-state index in [9.17, 15) is 0 Å². The average molecular weight is 172 g/mol. The van der Waals surface area contributed by atoms with Crippen LogP contribution in [0.25, 0.3) is 0 Å². The maximum atomic E-state index is 9.16. The first-order valence-corrected chi connectivity index (χ1v) is 4.83. The molecule has 0 aromatic carbocycles. The molecule has 0 aliphatic carbocycles. The Morgan fingerprint density at radius 2 is 2.08 bits per heavy atom. The quantitative estimate of drug-likeness (QED) is 0.632. The number of hydrogen-bond donors (Lipinski definition) is 2. The van der Waals surface area contributed by atoms with Crippen LogP contribution >= 0.6 is 0 Å². The van der Waals surface area contributed by atoms with Gasteiger partial charge >= 0.3 is 0 Å². The molecule has 1 fully saturated rings. The third kappa shape index (κ3) is 3.09. The summed E-state index contributed by atoms with van der Waals surface area (Å²) in [4.78, 5) is 2.32. The first kappa shape index (κ1) is 9.96. The van der Waals surface area contributed by atoms with Gasteiger partial charge in [-0.2, -0.15) is 0 Å². The van der Waals surface area contributed by atoms with E-state index >= 15 is 0 Å². The third-order valence-electron chi connectivity index (χ3n) is 2.56. The van der Waals surface area contributed by atoms with Gasteiger partial charge in [-0.3, -0.25) is 0 Å². The fourth-order valence-electron chi connectivity index (χ4n) is 1.78. The van der Waals surface area contributed by atoms with Gasteiger partial charge in [0.15, 0.2) is 0 Å². The van der Waals surface area contributed by atoms with Gasteiger partial charge in [0, 0.05) is 6.54 Å². The second kappa shape index (κ2) is 4.80. The van der Waals surface area contributed by atoms with Crippen molar-refractivity contribution in [3.63, 3.8) is 0 Å². The summed E-state index contributed by atoms with van der Waals surface area (Å²) < 4.78 is 0. The molecule has 3 heteroatoms. The Labute approximate surface area is 74.5 Å². The van der Waals surface area contributed by atoms with Crippen molar-refractivity contribution in [2.75, 3.05) is 26.2 Å². The molecule has 0 spiro atoms. The fraction of sp³-hybridized carbons (Fsp3) is 1.00. The van der Waals surface area contributed by atoms with Gasteiger partial charge < -0.3 is 15.7 Å². The number of hydrogen-bond acceptors (Lipinski definition) is 3. The van der Waals surface area contributed by atoms with Crippen LogP contribution in [0.5, 0.6) is 0 Å². The van der Waals surface area contributed by atoms with Crippen LogP contribution in [0.2, 0.25) is 0 Å². The molecule has 0 aromatic heterocycles. The lowest BCUT2D eigenvalue weighted by atomic mass is 9.97. The van der Waals surface area contributed by atoms with Crippen molar-refractivity contribution in [1.29, 1.82) is 0 Å². The number of likely N-dealkylation sites (tertiary alicyclic amines) is 1. The predicted octanol–water partition coefficient (Wildman–Crippen LogP) is 0.0379. The number of aliphatic hydroxyl groups excluding tert-OH is 1. The Morgan fingerprint density at radius 1 is 1.50 bits per heavy atom. The smallest absolute Gasteiger partial charge is 0.0639 e. The molecular formula is C9H20N2O. The molecule has 0 amide bonds. The number of nitrogens with zero attached hydrogens (tertiary/aromatic N) is 1. The molecule has 0 saturated carbocycles. The molecule has 1 saturated heterocycles. The summed E-state index contributed by atoms with van der Waals surface area (Å²) in [5.74, 6) is 0.718. The summed E-state index contributed by atoms with van der Waals surface area (Å²) in [6, 6.07) is 0. The number of β-amino-alcohol motifs (C(OH)–C–C–N with tert-alkyl or cyclic N) is 1. The Morgan fingerprint density at radius 3 is 2.50 bits per heavy atom. The highest BCUT2D eigenvalue weighted by molar-refractivity contribution is 4.73. The van der Waals surface area contributed by atoms with E-state index in [-0.39, 0.29) is 6.10 Å². The third-order valence-corrected chi connectivity index (χ3v) is 2.56. The molecule has 1 aliphatic heterocycles. The molecule has 1 aliphatic rings. The Hall–Kier alpha value is -0.120. The number of piperidine rings is 1. The van der Waals surface area contributed by atoms with Gasteiger partial charge in [-0.25, -0.2) is 0 Å². The van der Waals surface area contributed by atoms with Crippen LogP contribution in [0.3, 0.4) is 0 Å². The molecule has 3 nitrogen and oxygen atoms in total. The normalized spacial score (nSPS) is 24.2. The second-order valence-electron chi connectivity index (χ2n) is 3.83.